The van der Waals surface area contributed by atoms with Crippen LogP contribution in [-0.2, 0) is 6.54 Å². The number of hydrogen-bond donors (Lipinski definition) is 1. The third kappa shape index (κ3) is 3.71. The zero-order valence-electron chi connectivity index (χ0n) is 15.2. The minimum atomic E-state index is 0.722. The fraction of sp³-hybridized carbons (Fsp3) is 0.389. The van der Waals surface area contributed by atoms with Gasteiger partial charge in [0.15, 0.2) is 5.65 Å². The summed E-state index contributed by atoms with van der Waals surface area (Å²) < 4.78 is 7.22. The average Bonchev–Trinajstić information content (AvgIpc) is 3.08. The molecule has 0 aliphatic heterocycles. The van der Waals surface area contributed by atoms with Crippen LogP contribution in [0.25, 0.3) is 5.65 Å². The first-order valence-electron chi connectivity index (χ1n) is 8.49. The Morgan fingerprint density at radius 3 is 2.72 bits per heavy atom. The Morgan fingerprint density at radius 2 is 2.00 bits per heavy atom. The van der Waals surface area contributed by atoms with Gasteiger partial charge >= 0.3 is 0 Å². The van der Waals surface area contributed by atoms with Crippen molar-refractivity contribution >= 4 is 17.2 Å². The molecule has 0 saturated heterocycles. The molecule has 0 amide bonds. The molecule has 0 fully saturated rings. The fourth-order valence-corrected chi connectivity index (χ4v) is 2.85. The standard InChI is InChI=1S/C18H24N6O/c1-5-23(6-2)12-14-10-15(7-8-16(14)25-4)21-17-9-13(3)20-18-11-19-22-24(17)18/h7-11,21H,5-6,12H2,1-4H3. The number of benzene rings is 1. The van der Waals surface area contributed by atoms with Gasteiger partial charge in [0.05, 0.1) is 13.3 Å². The number of anilines is 2. The number of aromatic nitrogens is 4. The second-order valence-electron chi connectivity index (χ2n) is 5.90. The molecule has 25 heavy (non-hydrogen) atoms. The fourth-order valence-electron chi connectivity index (χ4n) is 2.85. The summed E-state index contributed by atoms with van der Waals surface area (Å²) in [6, 6.07) is 8.07. The highest BCUT2D eigenvalue weighted by atomic mass is 16.5. The van der Waals surface area contributed by atoms with Crippen LogP contribution in [0.1, 0.15) is 25.1 Å². The lowest BCUT2D eigenvalue weighted by atomic mass is 10.1. The van der Waals surface area contributed by atoms with Gasteiger partial charge in [-0.1, -0.05) is 19.1 Å². The van der Waals surface area contributed by atoms with E-state index in [9.17, 15) is 0 Å². The van der Waals surface area contributed by atoms with Crippen LogP contribution in [0.2, 0.25) is 0 Å². The molecule has 3 rings (SSSR count). The van der Waals surface area contributed by atoms with Crippen LogP contribution in [0, 0.1) is 6.92 Å². The van der Waals surface area contributed by atoms with Crippen molar-refractivity contribution < 1.29 is 4.74 Å². The Labute approximate surface area is 147 Å². The molecule has 7 nitrogen and oxygen atoms in total. The van der Waals surface area contributed by atoms with Crippen LogP contribution in [0.15, 0.2) is 30.5 Å². The maximum absolute atomic E-state index is 5.53. The van der Waals surface area contributed by atoms with Crippen LogP contribution in [0.5, 0.6) is 5.75 Å². The van der Waals surface area contributed by atoms with E-state index >= 15 is 0 Å². The third-order valence-corrected chi connectivity index (χ3v) is 4.24. The van der Waals surface area contributed by atoms with Gasteiger partial charge in [-0.05, 0) is 38.2 Å². The molecule has 2 heterocycles. The van der Waals surface area contributed by atoms with Gasteiger partial charge in [0.1, 0.15) is 11.6 Å². The van der Waals surface area contributed by atoms with E-state index in [0.29, 0.717) is 0 Å². The molecule has 0 unspecified atom stereocenters. The topological polar surface area (TPSA) is 67.6 Å². The van der Waals surface area contributed by atoms with Gasteiger partial charge in [-0.3, -0.25) is 4.90 Å². The third-order valence-electron chi connectivity index (χ3n) is 4.24. The predicted molar refractivity (Wildman–Crippen MR) is 98.4 cm³/mol. The Balaban J connectivity index is 1.93. The molecule has 3 aromatic rings. The molecule has 2 aromatic heterocycles. The SMILES string of the molecule is CCN(CC)Cc1cc(Nc2cc(C)nc3cnnn23)ccc1OC. The smallest absolute Gasteiger partial charge is 0.178 e. The summed E-state index contributed by atoms with van der Waals surface area (Å²) in [6.07, 6.45) is 1.65. The van der Waals surface area contributed by atoms with E-state index in [1.54, 1.807) is 17.8 Å². The largest absolute Gasteiger partial charge is 0.496 e. The Hall–Kier alpha value is -2.67. The summed E-state index contributed by atoms with van der Waals surface area (Å²) in [5.74, 6) is 1.73. The average molecular weight is 340 g/mol. The number of ether oxygens (including phenoxy) is 1. The lowest BCUT2D eigenvalue weighted by Crippen LogP contribution is -2.22. The van der Waals surface area contributed by atoms with E-state index in [1.807, 2.05) is 25.1 Å². The van der Waals surface area contributed by atoms with E-state index in [1.165, 1.54) is 0 Å². The summed E-state index contributed by atoms with van der Waals surface area (Å²) in [6.45, 7) is 9.14. The molecule has 1 aromatic carbocycles. The molecule has 1 N–H and O–H groups in total. The highest BCUT2D eigenvalue weighted by Crippen LogP contribution is 2.26. The second-order valence-corrected chi connectivity index (χ2v) is 5.90. The van der Waals surface area contributed by atoms with Crippen molar-refractivity contribution in [2.75, 3.05) is 25.5 Å². The van der Waals surface area contributed by atoms with Gasteiger partial charge in [-0.2, -0.15) is 4.52 Å². The van der Waals surface area contributed by atoms with E-state index in [0.717, 1.165) is 53.8 Å². The van der Waals surface area contributed by atoms with Crippen molar-refractivity contribution in [3.05, 3.63) is 41.7 Å². The first kappa shape index (κ1) is 17.2. The van der Waals surface area contributed by atoms with E-state index < -0.39 is 0 Å². The number of methoxy groups -OCH3 is 1. The van der Waals surface area contributed by atoms with Crippen molar-refractivity contribution in [3.8, 4) is 5.75 Å². The molecule has 0 aliphatic rings. The first-order chi connectivity index (χ1) is 12.1. The summed E-state index contributed by atoms with van der Waals surface area (Å²) in [7, 11) is 1.71. The first-order valence-corrected chi connectivity index (χ1v) is 8.49. The normalized spacial score (nSPS) is 11.2. The van der Waals surface area contributed by atoms with Gasteiger partial charge in [0.2, 0.25) is 0 Å². The van der Waals surface area contributed by atoms with Crippen LogP contribution in [0.4, 0.5) is 11.5 Å². The zero-order valence-corrected chi connectivity index (χ0v) is 15.2. The van der Waals surface area contributed by atoms with Crippen molar-refractivity contribution in [2.24, 2.45) is 0 Å². The lowest BCUT2D eigenvalue weighted by Gasteiger charge is -2.20. The van der Waals surface area contributed by atoms with Gasteiger partial charge in [-0.15, -0.1) is 5.10 Å². The Kier molecular flexibility index (Phi) is 5.14. The van der Waals surface area contributed by atoms with Crippen molar-refractivity contribution in [1.29, 1.82) is 0 Å². The van der Waals surface area contributed by atoms with Gasteiger partial charge in [0, 0.05) is 29.6 Å². The van der Waals surface area contributed by atoms with E-state index in [2.05, 4.69) is 45.4 Å². The number of rotatable bonds is 7. The Bertz CT molecular complexity index is 856. The summed E-state index contributed by atoms with van der Waals surface area (Å²) in [4.78, 5) is 6.77. The molecule has 0 radical (unpaired) electrons. The molecule has 0 atom stereocenters. The van der Waals surface area contributed by atoms with E-state index in [-0.39, 0.29) is 0 Å². The maximum Gasteiger partial charge on any atom is 0.178 e. The van der Waals surface area contributed by atoms with Crippen LogP contribution >= 0.6 is 0 Å². The minimum absolute atomic E-state index is 0.722. The van der Waals surface area contributed by atoms with Crippen LogP contribution in [-0.4, -0.2) is 44.9 Å². The molecule has 0 bridgehead atoms. The zero-order chi connectivity index (χ0) is 17.8. The summed E-state index contributed by atoms with van der Waals surface area (Å²) in [5.41, 5.74) is 3.76. The number of aryl methyl sites for hydroxylation is 1. The van der Waals surface area contributed by atoms with Gasteiger partial charge in [0.25, 0.3) is 0 Å². The number of fused-ring (bicyclic) bond motifs is 1. The molecular weight excluding hydrogens is 316 g/mol. The second kappa shape index (κ2) is 7.48. The quantitative estimate of drug-likeness (QED) is 0.713. The number of hydrogen-bond acceptors (Lipinski definition) is 6. The minimum Gasteiger partial charge on any atom is -0.496 e. The number of nitrogens with one attached hydrogen (secondary N) is 1. The number of nitrogens with zero attached hydrogens (tertiary/aromatic N) is 5. The van der Waals surface area contributed by atoms with Gasteiger partial charge < -0.3 is 10.1 Å². The van der Waals surface area contributed by atoms with Crippen molar-refractivity contribution in [2.45, 2.75) is 27.3 Å². The lowest BCUT2D eigenvalue weighted by molar-refractivity contribution is 0.289. The Morgan fingerprint density at radius 1 is 1.20 bits per heavy atom. The molecule has 0 spiro atoms. The molecule has 0 aliphatic carbocycles. The van der Waals surface area contributed by atoms with Crippen molar-refractivity contribution in [1.82, 2.24) is 24.7 Å². The predicted octanol–water partition coefficient (Wildman–Crippen LogP) is 3.03. The van der Waals surface area contributed by atoms with Crippen molar-refractivity contribution in [3.63, 3.8) is 0 Å². The summed E-state index contributed by atoms with van der Waals surface area (Å²) >= 11 is 0. The molecular formula is C18H24N6O. The highest BCUT2D eigenvalue weighted by Gasteiger charge is 2.10. The highest BCUT2D eigenvalue weighted by molar-refractivity contribution is 5.61. The summed E-state index contributed by atoms with van der Waals surface area (Å²) in [5, 5.41) is 11.5. The van der Waals surface area contributed by atoms with Crippen LogP contribution < -0.4 is 10.1 Å². The van der Waals surface area contributed by atoms with Crippen LogP contribution in [0.3, 0.4) is 0 Å². The van der Waals surface area contributed by atoms with E-state index in [4.69, 9.17) is 4.74 Å². The molecule has 132 valence electrons. The maximum atomic E-state index is 5.53. The van der Waals surface area contributed by atoms with Gasteiger partial charge in [-0.25, -0.2) is 4.98 Å². The molecule has 7 heteroatoms. The molecule has 0 saturated carbocycles. The monoisotopic (exact) mass is 340 g/mol.